The summed E-state index contributed by atoms with van der Waals surface area (Å²) >= 11 is 0. The average Bonchev–Trinajstić information content (AvgIpc) is 2.95. The van der Waals surface area contributed by atoms with Crippen molar-refractivity contribution in [2.24, 2.45) is 0 Å². The standard InChI is InChI=1S/C31H43N3O3/c1-3-5-7-8-9-10-22-37-31-25-33-30(24-34-31)27-15-18-29(32-23-27)26-13-16-28(17-14-26)36-21-12-11-20-35-19-6-4-2/h13-18,23-25H,3-12,19-22H2,1-2H3. The molecule has 0 saturated carbocycles. The Morgan fingerprint density at radius 2 is 1.16 bits per heavy atom. The summed E-state index contributed by atoms with van der Waals surface area (Å²) in [6, 6.07) is 12.1. The van der Waals surface area contributed by atoms with Crippen LogP contribution in [0.1, 0.15) is 78.1 Å². The molecule has 0 atom stereocenters. The van der Waals surface area contributed by atoms with Crippen molar-refractivity contribution in [3.8, 4) is 34.1 Å². The second-order valence-corrected chi connectivity index (χ2v) is 9.33. The quantitative estimate of drug-likeness (QED) is 0.154. The smallest absolute Gasteiger partial charge is 0.232 e. The van der Waals surface area contributed by atoms with E-state index >= 15 is 0 Å². The molecule has 6 nitrogen and oxygen atoms in total. The SMILES string of the molecule is CCCCCCCCOc1cnc(-c2ccc(-c3ccc(OCCCCOCCCC)cc3)nc2)cn1. The van der Waals surface area contributed by atoms with Crippen LogP contribution in [0, 0.1) is 0 Å². The van der Waals surface area contributed by atoms with Gasteiger partial charge in [0.05, 0.1) is 37.0 Å². The molecule has 0 radical (unpaired) electrons. The van der Waals surface area contributed by atoms with E-state index in [2.05, 4.69) is 28.8 Å². The number of pyridine rings is 1. The van der Waals surface area contributed by atoms with Gasteiger partial charge < -0.3 is 14.2 Å². The Hall–Kier alpha value is -2.99. The van der Waals surface area contributed by atoms with Gasteiger partial charge in [-0.2, -0.15) is 0 Å². The van der Waals surface area contributed by atoms with Crippen LogP contribution in [-0.2, 0) is 4.74 Å². The van der Waals surface area contributed by atoms with Crippen LogP contribution in [0.3, 0.4) is 0 Å². The van der Waals surface area contributed by atoms with Gasteiger partial charge in [0.25, 0.3) is 0 Å². The van der Waals surface area contributed by atoms with Gasteiger partial charge >= 0.3 is 0 Å². The number of hydrogen-bond acceptors (Lipinski definition) is 6. The molecular weight excluding hydrogens is 462 g/mol. The van der Waals surface area contributed by atoms with Crippen LogP contribution in [-0.4, -0.2) is 41.4 Å². The average molecular weight is 506 g/mol. The molecule has 0 aliphatic carbocycles. The molecule has 3 rings (SSSR count). The lowest BCUT2D eigenvalue weighted by atomic mass is 10.1. The highest BCUT2D eigenvalue weighted by Gasteiger charge is 2.05. The highest BCUT2D eigenvalue weighted by atomic mass is 16.5. The van der Waals surface area contributed by atoms with E-state index in [-0.39, 0.29) is 0 Å². The van der Waals surface area contributed by atoms with Crippen molar-refractivity contribution in [2.45, 2.75) is 78.1 Å². The molecule has 0 saturated heterocycles. The Morgan fingerprint density at radius 1 is 0.514 bits per heavy atom. The third-order valence-corrected chi connectivity index (χ3v) is 6.18. The van der Waals surface area contributed by atoms with E-state index in [1.54, 1.807) is 12.4 Å². The second kappa shape index (κ2) is 17.5. The molecule has 6 heteroatoms. The first kappa shape index (κ1) is 28.6. The van der Waals surface area contributed by atoms with E-state index in [4.69, 9.17) is 14.2 Å². The van der Waals surface area contributed by atoms with Crippen molar-refractivity contribution >= 4 is 0 Å². The molecule has 0 N–H and O–H groups in total. The first-order valence-electron chi connectivity index (χ1n) is 14.0. The molecule has 0 amide bonds. The van der Waals surface area contributed by atoms with Crippen LogP contribution in [0.4, 0.5) is 0 Å². The predicted molar refractivity (Wildman–Crippen MR) is 150 cm³/mol. The molecule has 37 heavy (non-hydrogen) atoms. The van der Waals surface area contributed by atoms with Gasteiger partial charge in [-0.3, -0.25) is 4.98 Å². The van der Waals surface area contributed by atoms with E-state index in [0.717, 1.165) is 67.2 Å². The number of benzene rings is 1. The summed E-state index contributed by atoms with van der Waals surface area (Å²) in [5, 5.41) is 0. The number of aromatic nitrogens is 3. The van der Waals surface area contributed by atoms with E-state index in [9.17, 15) is 0 Å². The van der Waals surface area contributed by atoms with Gasteiger partial charge in [0.2, 0.25) is 5.88 Å². The van der Waals surface area contributed by atoms with Gasteiger partial charge in [0.1, 0.15) is 5.75 Å². The molecule has 0 aliphatic rings. The summed E-state index contributed by atoms with van der Waals surface area (Å²) < 4.78 is 17.2. The zero-order valence-corrected chi connectivity index (χ0v) is 22.7. The molecule has 0 aliphatic heterocycles. The minimum atomic E-state index is 0.574. The molecule has 1 aromatic carbocycles. The van der Waals surface area contributed by atoms with Crippen molar-refractivity contribution in [3.63, 3.8) is 0 Å². The molecule has 200 valence electrons. The molecule has 3 aromatic rings. The van der Waals surface area contributed by atoms with E-state index < -0.39 is 0 Å². The fraction of sp³-hybridized carbons (Fsp3) is 0.516. The number of ether oxygens (including phenoxy) is 3. The Labute approximate surface area is 222 Å². The summed E-state index contributed by atoms with van der Waals surface area (Å²) in [7, 11) is 0. The second-order valence-electron chi connectivity index (χ2n) is 9.33. The van der Waals surface area contributed by atoms with Gasteiger partial charge in [-0.25, -0.2) is 9.97 Å². The maximum atomic E-state index is 5.86. The Morgan fingerprint density at radius 3 is 1.89 bits per heavy atom. The van der Waals surface area contributed by atoms with Crippen LogP contribution >= 0.6 is 0 Å². The fourth-order valence-electron chi connectivity index (χ4n) is 3.88. The lowest BCUT2D eigenvalue weighted by molar-refractivity contribution is 0.123. The van der Waals surface area contributed by atoms with Crippen molar-refractivity contribution in [1.82, 2.24) is 15.0 Å². The highest BCUT2D eigenvalue weighted by Crippen LogP contribution is 2.24. The summed E-state index contributed by atoms with van der Waals surface area (Å²) in [5.41, 5.74) is 3.67. The maximum absolute atomic E-state index is 5.86. The van der Waals surface area contributed by atoms with Gasteiger partial charge in [0.15, 0.2) is 0 Å². The van der Waals surface area contributed by atoms with Gasteiger partial charge in [-0.05, 0) is 62.1 Å². The molecule has 0 spiro atoms. The van der Waals surface area contributed by atoms with Crippen molar-refractivity contribution in [1.29, 1.82) is 0 Å². The third-order valence-electron chi connectivity index (χ3n) is 6.18. The minimum absolute atomic E-state index is 0.574. The summed E-state index contributed by atoms with van der Waals surface area (Å²) in [5.74, 6) is 1.45. The molecule has 0 unspecified atom stereocenters. The zero-order chi connectivity index (χ0) is 26.0. The van der Waals surface area contributed by atoms with Crippen molar-refractivity contribution in [2.75, 3.05) is 26.4 Å². The van der Waals surface area contributed by atoms with Gasteiger partial charge in [-0.15, -0.1) is 0 Å². The summed E-state index contributed by atoms with van der Waals surface area (Å²) in [6.45, 7) is 7.48. The van der Waals surface area contributed by atoms with Gasteiger partial charge in [-0.1, -0.05) is 52.4 Å². The molecule has 2 heterocycles. The lowest BCUT2D eigenvalue weighted by Crippen LogP contribution is -2.01. The first-order valence-corrected chi connectivity index (χ1v) is 14.0. The van der Waals surface area contributed by atoms with E-state index in [1.165, 1.54) is 38.5 Å². The van der Waals surface area contributed by atoms with Crippen LogP contribution in [0.25, 0.3) is 22.5 Å². The highest BCUT2D eigenvalue weighted by molar-refractivity contribution is 5.64. The third kappa shape index (κ3) is 10.9. The maximum Gasteiger partial charge on any atom is 0.232 e. The van der Waals surface area contributed by atoms with Crippen LogP contribution in [0.15, 0.2) is 55.0 Å². The molecule has 2 aromatic heterocycles. The number of rotatable bonds is 19. The number of hydrogen-bond donors (Lipinski definition) is 0. The van der Waals surface area contributed by atoms with Gasteiger partial charge in [0, 0.05) is 30.5 Å². The first-order chi connectivity index (χ1) is 18.3. The van der Waals surface area contributed by atoms with E-state index in [0.29, 0.717) is 19.1 Å². The minimum Gasteiger partial charge on any atom is -0.494 e. The van der Waals surface area contributed by atoms with E-state index in [1.807, 2.05) is 42.6 Å². The molecule has 0 fully saturated rings. The number of unbranched alkanes of at least 4 members (excludes halogenated alkanes) is 7. The van der Waals surface area contributed by atoms with Crippen LogP contribution < -0.4 is 9.47 Å². The Kier molecular flexibility index (Phi) is 13.5. The van der Waals surface area contributed by atoms with Crippen LogP contribution in [0.5, 0.6) is 11.6 Å². The monoisotopic (exact) mass is 505 g/mol. The van der Waals surface area contributed by atoms with Crippen molar-refractivity contribution < 1.29 is 14.2 Å². The van der Waals surface area contributed by atoms with Crippen molar-refractivity contribution in [3.05, 3.63) is 55.0 Å². The fourth-order valence-corrected chi connectivity index (χ4v) is 3.88. The summed E-state index contributed by atoms with van der Waals surface area (Å²) in [4.78, 5) is 13.6. The predicted octanol–water partition coefficient (Wildman–Crippen LogP) is 7.92. The van der Waals surface area contributed by atoms with Crippen LogP contribution in [0.2, 0.25) is 0 Å². The zero-order valence-electron chi connectivity index (χ0n) is 22.7. The molecular formula is C31H43N3O3. The molecule has 0 bridgehead atoms. The Bertz CT molecular complexity index is 976. The number of nitrogens with zero attached hydrogens (tertiary/aromatic N) is 3. The summed E-state index contributed by atoms with van der Waals surface area (Å²) in [6.07, 6.45) is 17.0. The lowest BCUT2D eigenvalue weighted by Gasteiger charge is -2.08. The Balaban J connectivity index is 1.39. The topological polar surface area (TPSA) is 66.4 Å². The normalized spacial score (nSPS) is 11.0. The largest absolute Gasteiger partial charge is 0.494 e.